The van der Waals surface area contributed by atoms with Crippen LogP contribution in [0.5, 0.6) is 0 Å². The molecule has 0 radical (unpaired) electrons. The number of hydrogen-bond donors (Lipinski definition) is 1. The number of furan rings is 1. The first-order valence-corrected chi connectivity index (χ1v) is 7.05. The summed E-state index contributed by atoms with van der Waals surface area (Å²) in [5.74, 6) is 0. The van der Waals surface area contributed by atoms with Crippen molar-refractivity contribution in [3.63, 3.8) is 0 Å². The second-order valence-electron chi connectivity index (χ2n) is 4.39. The molecular weight excluding hydrogens is 254 g/mol. The lowest BCUT2D eigenvalue weighted by Gasteiger charge is -2.23. The molecule has 0 saturated carbocycles. The van der Waals surface area contributed by atoms with Crippen LogP contribution in [0.2, 0.25) is 4.34 Å². The van der Waals surface area contributed by atoms with E-state index in [1.807, 2.05) is 6.07 Å². The van der Waals surface area contributed by atoms with Crippen LogP contribution in [0.1, 0.15) is 34.9 Å². The SMILES string of the molecule is Clc1cc2c(s1)CCCC2NCc1ccoc1. The average Bonchev–Trinajstić information content (AvgIpc) is 2.93. The molecule has 2 heterocycles. The zero-order valence-electron chi connectivity index (χ0n) is 9.41. The lowest BCUT2D eigenvalue weighted by molar-refractivity contribution is 0.461. The maximum Gasteiger partial charge on any atom is 0.0947 e. The summed E-state index contributed by atoms with van der Waals surface area (Å²) < 4.78 is 5.98. The smallest absolute Gasteiger partial charge is 0.0947 e. The van der Waals surface area contributed by atoms with E-state index >= 15 is 0 Å². The van der Waals surface area contributed by atoms with Gasteiger partial charge in [-0.1, -0.05) is 11.6 Å². The minimum atomic E-state index is 0.442. The van der Waals surface area contributed by atoms with Crippen LogP contribution < -0.4 is 5.32 Å². The molecule has 0 fully saturated rings. The van der Waals surface area contributed by atoms with Gasteiger partial charge in [0, 0.05) is 23.0 Å². The number of fused-ring (bicyclic) bond motifs is 1. The van der Waals surface area contributed by atoms with Crippen LogP contribution in [-0.2, 0) is 13.0 Å². The van der Waals surface area contributed by atoms with Gasteiger partial charge < -0.3 is 9.73 Å². The Kier molecular flexibility index (Phi) is 3.23. The van der Waals surface area contributed by atoms with E-state index < -0.39 is 0 Å². The van der Waals surface area contributed by atoms with Crippen LogP contribution in [0.25, 0.3) is 0 Å². The fourth-order valence-corrected chi connectivity index (χ4v) is 3.75. The van der Waals surface area contributed by atoms with Crippen molar-refractivity contribution in [2.24, 2.45) is 0 Å². The quantitative estimate of drug-likeness (QED) is 0.903. The van der Waals surface area contributed by atoms with Gasteiger partial charge in [-0.15, -0.1) is 11.3 Å². The van der Waals surface area contributed by atoms with Gasteiger partial charge >= 0.3 is 0 Å². The number of nitrogens with one attached hydrogen (secondary N) is 1. The molecule has 17 heavy (non-hydrogen) atoms. The van der Waals surface area contributed by atoms with Gasteiger partial charge in [0.25, 0.3) is 0 Å². The van der Waals surface area contributed by atoms with Crippen LogP contribution in [0.15, 0.2) is 29.1 Å². The van der Waals surface area contributed by atoms with Crippen molar-refractivity contribution in [2.75, 3.05) is 0 Å². The highest BCUT2D eigenvalue weighted by molar-refractivity contribution is 7.16. The molecule has 1 unspecified atom stereocenters. The van der Waals surface area contributed by atoms with E-state index in [0.717, 1.165) is 10.9 Å². The topological polar surface area (TPSA) is 25.2 Å². The zero-order chi connectivity index (χ0) is 11.7. The van der Waals surface area contributed by atoms with Gasteiger partial charge in [-0.2, -0.15) is 0 Å². The summed E-state index contributed by atoms with van der Waals surface area (Å²) in [4.78, 5) is 1.45. The molecular formula is C13H14ClNOS. The summed E-state index contributed by atoms with van der Waals surface area (Å²) >= 11 is 7.82. The molecule has 3 rings (SSSR count). The predicted octanol–water partition coefficient (Wildman–Crippen LogP) is 4.16. The summed E-state index contributed by atoms with van der Waals surface area (Å²) in [5, 5.41) is 3.58. The summed E-state index contributed by atoms with van der Waals surface area (Å²) in [6.45, 7) is 0.855. The van der Waals surface area contributed by atoms with Crippen molar-refractivity contribution >= 4 is 22.9 Å². The van der Waals surface area contributed by atoms with E-state index in [0.29, 0.717) is 6.04 Å². The van der Waals surface area contributed by atoms with Gasteiger partial charge in [0.05, 0.1) is 16.9 Å². The van der Waals surface area contributed by atoms with Gasteiger partial charge in [0.15, 0.2) is 0 Å². The van der Waals surface area contributed by atoms with Gasteiger partial charge in [-0.05, 0) is 37.0 Å². The normalized spacial score (nSPS) is 19.2. The Labute approximate surface area is 110 Å². The lowest BCUT2D eigenvalue weighted by atomic mass is 9.94. The molecule has 0 saturated heterocycles. The lowest BCUT2D eigenvalue weighted by Crippen LogP contribution is -2.23. The first kappa shape index (κ1) is 11.3. The van der Waals surface area contributed by atoms with Crippen molar-refractivity contribution in [3.05, 3.63) is 45.0 Å². The first-order chi connectivity index (χ1) is 8.33. The number of rotatable bonds is 3. The molecule has 0 spiro atoms. The Morgan fingerprint density at radius 3 is 3.29 bits per heavy atom. The van der Waals surface area contributed by atoms with Crippen molar-refractivity contribution < 1.29 is 4.42 Å². The number of hydrogen-bond acceptors (Lipinski definition) is 3. The predicted molar refractivity (Wildman–Crippen MR) is 70.6 cm³/mol. The van der Waals surface area contributed by atoms with Gasteiger partial charge in [-0.3, -0.25) is 0 Å². The van der Waals surface area contributed by atoms with Crippen LogP contribution in [0.4, 0.5) is 0 Å². The summed E-state index contributed by atoms with van der Waals surface area (Å²) in [7, 11) is 0. The third-order valence-electron chi connectivity index (χ3n) is 3.22. The minimum Gasteiger partial charge on any atom is -0.472 e. The molecule has 0 bridgehead atoms. The minimum absolute atomic E-state index is 0.442. The number of thiophene rings is 1. The molecule has 1 N–H and O–H groups in total. The maximum atomic E-state index is 6.09. The number of halogens is 1. The molecule has 0 aliphatic heterocycles. The fraction of sp³-hybridized carbons (Fsp3) is 0.385. The van der Waals surface area contributed by atoms with E-state index in [1.165, 1.54) is 35.3 Å². The Morgan fingerprint density at radius 1 is 1.53 bits per heavy atom. The molecule has 0 amide bonds. The van der Waals surface area contributed by atoms with Crippen LogP contribution >= 0.6 is 22.9 Å². The third-order valence-corrected chi connectivity index (χ3v) is 4.56. The summed E-state index contributed by atoms with van der Waals surface area (Å²) in [6.07, 6.45) is 7.11. The zero-order valence-corrected chi connectivity index (χ0v) is 11.0. The molecule has 1 aliphatic carbocycles. The van der Waals surface area contributed by atoms with Gasteiger partial charge in [0.1, 0.15) is 0 Å². The third kappa shape index (κ3) is 2.41. The Morgan fingerprint density at radius 2 is 2.47 bits per heavy atom. The molecule has 4 heteroatoms. The second kappa shape index (κ2) is 4.84. The molecule has 0 aromatic carbocycles. The van der Waals surface area contributed by atoms with Crippen LogP contribution in [0.3, 0.4) is 0 Å². The van der Waals surface area contributed by atoms with Crippen molar-refractivity contribution in [2.45, 2.75) is 31.8 Å². The Bertz CT molecular complexity index is 491. The molecule has 2 aromatic rings. The first-order valence-electron chi connectivity index (χ1n) is 5.85. The highest BCUT2D eigenvalue weighted by Crippen LogP contribution is 2.37. The van der Waals surface area contributed by atoms with E-state index in [4.69, 9.17) is 16.0 Å². The summed E-state index contributed by atoms with van der Waals surface area (Å²) in [5.41, 5.74) is 2.59. The Balaban J connectivity index is 1.72. The van der Waals surface area contributed by atoms with E-state index in [2.05, 4.69) is 11.4 Å². The van der Waals surface area contributed by atoms with E-state index in [1.54, 1.807) is 23.9 Å². The number of aryl methyl sites for hydroxylation is 1. The Hall–Kier alpha value is -0.770. The van der Waals surface area contributed by atoms with Crippen molar-refractivity contribution in [3.8, 4) is 0 Å². The molecule has 90 valence electrons. The standard InChI is InChI=1S/C13H14ClNOS/c14-13-6-10-11(2-1-3-12(10)17-13)15-7-9-4-5-16-8-9/h4-6,8,11,15H,1-3,7H2. The fourth-order valence-electron chi connectivity index (χ4n) is 2.37. The van der Waals surface area contributed by atoms with Crippen molar-refractivity contribution in [1.29, 1.82) is 0 Å². The molecule has 2 nitrogen and oxygen atoms in total. The maximum absolute atomic E-state index is 6.09. The second-order valence-corrected chi connectivity index (χ2v) is 6.15. The highest BCUT2D eigenvalue weighted by atomic mass is 35.5. The summed E-state index contributed by atoms with van der Waals surface area (Å²) in [6, 6.07) is 4.56. The highest BCUT2D eigenvalue weighted by Gasteiger charge is 2.22. The van der Waals surface area contributed by atoms with Crippen LogP contribution in [0, 0.1) is 0 Å². The molecule has 1 aliphatic rings. The average molecular weight is 268 g/mol. The van der Waals surface area contributed by atoms with Gasteiger partial charge in [-0.25, -0.2) is 0 Å². The van der Waals surface area contributed by atoms with E-state index in [-0.39, 0.29) is 0 Å². The largest absolute Gasteiger partial charge is 0.472 e. The molecule has 2 aromatic heterocycles. The molecule has 1 atom stereocenters. The van der Waals surface area contributed by atoms with E-state index in [9.17, 15) is 0 Å². The van der Waals surface area contributed by atoms with Gasteiger partial charge in [0.2, 0.25) is 0 Å². The van der Waals surface area contributed by atoms with Crippen LogP contribution in [-0.4, -0.2) is 0 Å². The van der Waals surface area contributed by atoms with Crippen molar-refractivity contribution in [1.82, 2.24) is 5.32 Å². The monoisotopic (exact) mass is 267 g/mol.